The van der Waals surface area contributed by atoms with Gasteiger partial charge in [0.1, 0.15) is 5.82 Å². The molecule has 6 heteroatoms. The molecule has 0 heterocycles. The summed E-state index contributed by atoms with van der Waals surface area (Å²) in [7, 11) is -3.61. The molecule has 1 aromatic rings. The van der Waals surface area contributed by atoms with Crippen LogP contribution < -0.4 is 4.72 Å². The number of nitrogens with one attached hydrogen (secondary N) is 1. The number of halogens is 2. The van der Waals surface area contributed by atoms with E-state index in [1.54, 1.807) is 0 Å². The van der Waals surface area contributed by atoms with Crippen molar-refractivity contribution >= 4 is 26.0 Å². The van der Waals surface area contributed by atoms with E-state index in [0.717, 1.165) is 25.3 Å². The first-order valence-electron chi connectivity index (χ1n) is 6.77. The van der Waals surface area contributed by atoms with Crippen molar-refractivity contribution in [3.05, 3.63) is 28.5 Å². The average molecular weight is 364 g/mol. The number of hydrogen-bond acceptors (Lipinski definition) is 2. The van der Waals surface area contributed by atoms with Crippen LogP contribution in [0, 0.1) is 17.7 Å². The Morgan fingerprint density at radius 3 is 2.55 bits per heavy atom. The predicted molar refractivity (Wildman–Crippen MR) is 80.4 cm³/mol. The van der Waals surface area contributed by atoms with Crippen molar-refractivity contribution in [2.45, 2.75) is 44.0 Å². The van der Waals surface area contributed by atoms with Crippen LogP contribution in [0.4, 0.5) is 4.39 Å². The normalized spacial score (nSPS) is 27.5. The van der Waals surface area contributed by atoms with Gasteiger partial charge in [-0.2, -0.15) is 0 Å². The van der Waals surface area contributed by atoms with Gasteiger partial charge in [-0.1, -0.05) is 13.8 Å². The van der Waals surface area contributed by atoms with E-state index in [9.17, 15) is 12.8 Å². The Morgan fingerprint density at radius 2 is 1.95 bits per heavy atom. The maximum atomic E-state index is 13.0. The Hall–Kier alpha value is -0.460. The van der Waals surface area contributed by atoms with E-state index in [2.05, 4.69) is 34.5 Å². The Balaban J connectivity index is 2.15. The van der Waals surface area contributed by atoms with Crippen molar-refractivity contribution in [2.75, 3.05) is 0 Å². The highest BCUT2D eigenvalue weighted by molar-refractivity contribution is 9.10. The molecule has 1 aliphatic rings. The second-order valence-corrected chi connectivity index (χ2v) is 8.20. The summed E-state index contributed by atoms with van der Waals surface area (Å²) in [5.74, 6) is 0.678. The van der Waals surface area contributed by atoms with Crippen LogP contribution in [0.5, 0.6) is 0 Å². The van der Waals surface area contributed by atoms with Gasteiger partial charge < -0.3 is 0 Å². The van der Waals surface area contributed by atoms with Crippen molar-refractivity contribution in [1.29, 1.82) is 0 Å². The average Bonchev–Trinajstić information content (AvgIpc) is 2.33. The van der Waals surface area contributed by atoms with Crippen LogP contribution in [0.2, 0.25) is 0 Å². The molecular weight excluding hydrogens is 345 g/mol. The molecule has 0 radical (unpaired) electrons. The van der Waals surface area contributed by atoms with Gasteiger partial charge in [0.25, 0.3) is 0 Å². The second kappa shape index (κ2) is 6.12. The molecule has 0 spiro atoms. The minimum atomic E-state index is -3.61. The second-order valence-electron chi connectivity index (χ2n) is 5.66. The zero-order valence-electron chi connectivity index (χ0n) is 11.6. The van der Waals surface area contributed by atoms with E-state index in [1.807, 2.05) is 0 Å². The number of sulfonamides is 1. The summed E-state index contributed by atoms with van der Waals surface area (Å²) < 4.78 is 40.8. The molecule has 2 rings (SSSR count). The fourth-order valence-corrected chi connectivity index (χ4v) is 4.96. The van der Waals surface area contributed by atoms with Crippen molar-refractivity contribution in [3.63, 3.8) is 0 Å². The molecule has 0 aromatic heterocycles. The van der Waals surface area contributed by atoms with Crippen molar-refractivity contribution < 1.29 is 12.8 Å². The number of hydrogen-bond donors (Lipinski definition) is 1. The lowest BCUT2D eigenvalue weighted by atomic mass is 9.79. The Morgan fingerprint density at radius 1 is 1.25 bits per heavy atom. The van der Waals surface area contributed by atoms with Gasteiger partial charge in [-0.3, -0.25) is 0 Å². The van der Waals surface area contributed by atoms with Crippen LogP contribution in [0.15, 0.2) is 27.6 Å². The Bertz CT molecular complexity index is 591. The van der Waals surface area contributed by atoms with Crippen molar-refractivity contribution in [3.8, 4) is 0 Å². The Kier molecular flexibility index (Phi) is 4.87. The lowest BCUT2D eigenvalue weighted by molar-refractivity contribution is 0.242. The summed E-state index contributed by atoms with van der Waals surface area (Å²) >= 11 is 3.11. The maximum absolute atomic E-state index is 13.0. The fourth-order valence-electron chi connectivity index (χ4n) is 2.63. The number of benzene rings is 1. The van der Waals surface area contributed by atoms with Gasteiger partial charge in [0.2, 0.25) is 10.0 Å². The predicted octanol–water partition coefficient (Wildman–Crippen LogP) is 3.69. The first kappa shape index (κ1) is 15.9. The molecule has 0 saturated heterocycles. The highest BCUT2D eigenvalue weighted by atomic mass is 79.9. The molecular formula is C14H19BrFNO2S. The lowest BCUT2D eigenvalue weighted by Gasteiger charge is -2.32. The third-order valence-electron chi connectivity index (χ3n) is 4.10. The first-order valence-corrected chi connectivity index (χ1v) is 9.04. The summed E-state index contributed by atoms with van der Waals surface area (Å²) in [6.45, 7) is 4.35. The zero-order chi connectivity index (χ0) is 14.9. The standard InChI is InChI=1S/C14H19BrFNO2S/c1-9-3-5-12(7-10(9)2)17-20(18,19)14-6-4-11(16)8-13(14)15/h4,6,8-10,12,17H,3,5,7H2,1-2H3. The van der Waals surface area contributed by atoms with Crippen LogP contribution in [-0.4, -0.2) is 14.5 Å². The lowest BCUT2D eigenvalue weighted by Crippen LogP contribution is -2.39. The monoisotopic (exact) mass is 363 g/mol. The largest absolute Gasteiger partial charge is 0.241 e. The SMILES string of the molecule is CC1CCC(NS(=O)(=O)c2ccc(F)cc2Br)CC1C. The smallest absolute Gasteiger partial charge is 0.208 e. The highest BCUT2D eigenvalue weighted by Crippen LogP contribution is 2.31. The zero-order valence-corrected chi connectivity index (χ0v) is 14.0. The van der Waals surface area contributed by atoms with E-state index in [1.165, 1.54) is 12.1 Å². The fraction of sp³-hybridized carbons (Fsp3) is 0.571. The van der Waals surface area contributed by atoms with Gasteiger partial charge in [-0.25, -0.2) is 17.5 Å². The van der Waals surface area contributed by atoms with Gasteiger partial charge in [0.15, 0.2) is 0 Å². The Labute approximate surface area is 128 Å². The minimum Gasteiger partial charge on any atom is -0.208 e. The molecule has 1 N–H and O–H groups in total. The van der Waals surface area contributed by atoms with E-state index in [0.29, 0.717) is 11.8 Å². The molecule has 112 valence electrons. The minimum absolute atomic E-state index is 0.0387. The van der Waals surface area contributed by atoms with E-state index in [4.69, 9.17) is 0 Å². The molecule has 3 unspecified atom stereocenters. The van der Waals surface area contributed by atoms with E-state index >= 15 is 0 Å². The first-order chi connectivity index (χ1) is 9.29. The molecule has 1 aliphatic carbocycles. The third kappa shape index (κ3) is 3.59. The number of rotatable bonds is 3. The summed E-state index contributed by atoms with van der Waals surface area (Å²) in [4.78, 5) is 0.0881. The van der Waals surface area contributed by atoms with Gasteiger partial charge in [-0.15, -0.1) is 0 Å². The van der Waals surface area contributed by atoms with Crippen LogP contribution >= 0.6 is 15.9 Å². The summed E-state index contributed by atoms with van der Waals surface area (Å²) in [6, 6.07) is 3.57. The van der Waals surface area contributed by atoms with Crippen molar-refractivity contribution in [1.82, 2.24) is 4.72 Å². The topological polar surface area (TPSA) is 46.2 Å². The van der Waals surface area contributed by atoms with Crippen LogP contribution in [0.25, 0.3) is 0 Å². The maximum Gasteiger partial charge on any atom is 0.241 e. The van der Waals surface area contributed by atoms with Crippen LogP contribution in [0.1, 0.15) is 33.1 Å². The summed E-state index contributed by atoms with van der Waals surface area (Å²) in [5.41, 5.74) is 0. The highest BCUT2D eigenvalue weighted by Gasteiger charge is 2.29. The van der Waals surface area contributed by atoms with Gasteiger partial charge >= 0.3 is 0 Å². The van der Waals surface area contributed by atoms with Gasteiger partial charge in [0.05, 0.1) is 4.90 Å². The molecule has 3 nitrogen and oxygen atoms in total. The quantitative estimate of drug-likeness (QED) is 0.889. The molecule has 0 bridgehead atoms. The van der Waals surface area contributed by atoms with Gasteiger partial charge in [0, 0.05) is 10.5 Å². The van der Waals surface area contributed by atoms with E-state index < -0.39 is 15.8 Å². The van der Waals surface area contributed by atoms with Crippen LogP contribution in [-0.2, 0) is 10.0 Å². The molecule has 3 atom stereocenters. The van der Waals surface area contributed by atoms with Crippen molar-refractivity contribution in [2.24, 2.45) is 11.8 Å². The molecule has 1 aromatic carbocycles. The molecule has 0 aliphatic heterocycles. The summed E-state index contributed by atoms with van der Waals surface area (Å²) in [6.07, 6.45) is 2.72. The molecule has 1 saturated carbocycles. The summed E-state index contributed by atoms with van der Waals surface area (Å²) in [5, 5.41) is 0. The molecule has 0 amide bonds. The van der Waals surface area contributed by atoms with Crippen LogP contribution in [0.3, 0.4) is 0 Å². The van der Waals surface area contributed by atoms with E-state index in [-0.39, 0.29) is 15.4 Å². The molecule has 20 heavy (non-hydrogen) atoms. The van der Waals surface area contributed by atoms with Gasteiger partial charge in [-0.05, 0) is 65.2 Å². The third-order valence-corrected chi connectivity index (χ3v) is 6.60. The molecule has 1 fully saturated rings.